The zero-order chi connectivity index (χ0) is 17.1. The molecule has 0 spiro atoms. The van der Waals surface area contributed by atoms with Crippen molar-refractivity contribution in [1.29, 1.82) is 0 Å². The van der Waals surface area contributed by atoms with E-state index in [4.69, 9.17) is 16.1 Å². The molecular weight excluding hydrogens is 328 g/mol. The number of amides is 2. The van der Waals surface area contributed by atoms with Crippen molar-refractivity contribution in [2.24, 2.45) is 0 Å². The number of carbonyl (C=O) groups is 1. The standard InChI is InChI=1S/C17H21ClN4O2/c1-12-11-16(20-24-12)19-17(23)22-9-7-21(8-10-22)13(2)14-3-5-15(18)6-4-14/h3-6,11,13H,7-10H2,1-2H3,(H,19,20,23). The van der Waals surface area contributed by atoms with Crippen LogP contribution in [0, 0.1) is 6.92 Å². The van der Waals surface area contributed by atoms with Gasteiger partial charge in [0, 0.05) is 43.3 Å². The predicted octanol–water partition coefficient (Wildman–Crippen LogP) is 3.55. The maximum absolute atomic E-state index is 12.3. The number of benzene rings is 1. The average molecular weight is 349 g/mol. The Kier molecular flexibility index (Phi) is 5.06. The van der Waals surface area contributed by atoms with Gasteiger partial charge in [-0.05, 0) is 31.5 Å². The van der Waals surface area contributed by atoms with Crippen LogP contribution in [0.4, 0.5) is 10.6 Å². The number of nitrogens with zero attached hydrogens (tertiary/aromatic N) is 3. The summed E-state index contributed by atoms with van der Waals surface area (Å²) >= 11 is 5.95. The lowest BCUT2D eigenvalue weighted by molar-refractivity contribution is 0.119. The molecule has 2 heterocycles. The number of piperazine rings is 1. The second-order valence-electron chi connectivity index (χ2n) is 6.00. The number of hydrogen-bond donors (Lipinski definition) is 1. The van der Waals surface area contributed by atoms with Crippen molar-refractivity contribution in [2.75, 3.05) is 31.5 Å². The van der Waals surface area contributed by atoms with Crippen LogP contribution < -0.4 is 5.32 Å². The fraction of sp³-hybridized carbons (Fsp3) is 0.412. The molecule has 3 rings (SSSR count). The Balaban J connectivity index is 1.53. The average Bonchev–Trinajstić information content (AvgIpc) is 3.00. The van der Waals surface area contributed by atoms with E-state index in [0.29, 0.717) is 30.7 Å². The molecule has 1 unspecified atom stereocenters. The van der Waals surface area contributed by atoms with Crippen molar-refractivity contribution in [1.82, 2.24) is 15.0 Å². The molecule has 2 amide bonds. The monoisotopic (exact) mass is 348 g/mol. The van der Waals surface area contributed by atoms with Crippen molar-refractivity contribution in [3.63, 3.8) is 0 Å². The number of aromatic nitrogens is 1. The molecule has 1 saturated heterocycles. The molecular formula is C17H21ClN4O2. The highest BCUT2D eigenvalue weighted by molar-refractivity contribution is 6.30. The van der Waals surface area contributed by atoms with Crippen LogP contribution >= 0.6 is 11.6 Å². The highest BCUT2D eigenvalue weighted by Gasteiger charge is 2.25. The summed E-state index contributed by atoms with van der Waals surface area (Å²) in [7, 11) is 0. The molecule has 2 aromatic rings. The first-order valence-corrected chi connectivity index (χ1v) is 8.39. The van der Waals surface area contributed by atoms with Gasteiger partial charge in [0.1, 0.15) is 5.76 Å². The highest BCUT2D eigenvalue weighted by atomic mass is 35.5. The van der Waals surface area contributed by atoms with Crippen LogP contribution in [0.2, 0.25) is 5.02 Å². The smallest absolute Gasteiger partial charge is 0.323 e. The third kappa shape index (κ3) is 3.88. The van der Waals surface area contributed by atoms with Crippen LogP contribution in [0.1, 0.15) is 24.3 Å². The number of halogens is 1. The third-order valence-corrected chi connectivity index (χ3v) is 4.62. The highest BCUT2D eigenvalue weighted by Crippen LogP contribution is 2.23. The molecule has 1 N–H and O–H groups in total. The molecule has 0 bridgehead atoms. The molecule has 6 nitrogen and oxygen atoms in total. The lowest BCUT2D eigenvalue weighted by atomic mass is 10.1. The fourth-order valence-electron chi connectivity index (χ4n) is 2.88. The van der Waals surface area contributed by atoms with Gasteiger partial charge in [-0.1, -0.05) is 28.9 Å². The van der Waals surface area contributed by atoms with Gasteiger partial charge in [0.2, 0.25) is 0 Å². The lowest BCUT2D eigenvalue weighted by Gasteiger charge is -2.38. The number of anilines is 1. The van der Waals surface area contributed by atoms with E-state index in [1.165, 1.54) is 5.56 Å². The zero-order valence-electron chi connectivity index (χ0n) is 13.8. The van der Waals surface area contributed by atoms with Crippen LogP contribution in [0.15, 0.2) is 34.9 Å². The van der Waals surface area contributed by atoms with E-state index in [0.717, 1.165) is 18.1 Å². The van der Waals surface area contributed by atoms with E-state index in [1.807, 2.05) is 12.1 Å². The first kappa shape index (κ1) is 16.8. The molecule has 0 radical (unpaired) electrons. The van der Waals surface area contributed by atoms with Gasteiger partial charge in [0.05, 0.1) is 0 Å². The minimum Gasteiger partial charge on any atom is -0.360 e. The second-order valence-corrected chi connectivity index (χ2v) is 6.44. The second kappa shape index (κ2) is 7.23. The van der Waals surface area contributed by atoms with Gasteiger partial charge < -0.3 is 9.42 Å². The first-order valence-electron chi connectivity index (χ1n) is 8.01. The van der Waals surface area contributed by atoms with Crippen LogP contribution in [-0.4, -0.2) is 47.2 Å². The topological polar surface area (TPSA) is 61.6 Å². The number of hydrogen-bond acceptors (Lipinski definition) is 4. The zero-order valence-corrected chi connectivity index (χ0v) is 14.6. The van der Waals surface area contributed by atoms with Crippen molar-refractivity contribution < 1.29 is 9.32 Å². The molecule has 1 aromatic carbocycles. The molecule has 0 saturated carbocycles. The molecule has 1 atom stereocenters. The maximum atomic E-state index is 12.3. The van der Waals surface area contributed by atoms with Gasteiger partial charge in [0.15, 0.2) is 5.82 Å². The molecule has 24 heavy (non-hydrogen) atoms. The van der Waals surface area contributed by atoms with Crippen LogP contribution in [0.25, 0.3) is 0 Å². The van der Waals surface area contributed by atoms with Crippen molar-refractivity contribution in [3.05, 3.63) is 46.7 Å². The van der Waals surface area contributed by atoms with Gasteiger partial charge in [-0.3, -0.25) is 10.2 Å². The van der Waals surface area contributed by atoms with E-state index in [1.54, 1.807) is 17.9 Å². The summed E-state index contributed by atoms with van der Waals surface area (Å²) in [4.78, 5) is 16.4. The summed E-state index contributed by atoms with van der Waals surface area (Å²) in [5, 5.41) is 7.29. The normalized spacial score (nSPS) is 16.9. The number of rotatable bonds is 3. The summed E-state index contributed by atoms with van der Waals surface area (Å²) in [6.07, 6.45) is 0. The van der Waals surface area contributed by atoms with Crippen molar-refractivity contribution in [2.45, 2.75) is 19.9 Å². The molecule has 0 aliphatic carbocycles. The van der Waals surface area contributed by atoms with Gasteiger partial charge in [-0.2, -0.15) is 0 Å². The van der Waals surface area contributed by atoms with Crippen LogP contribution in [0.5, 0.6) is 0 Å². The minimum absolute atomic E-state index is 0.137. The Hall–Kier alpha value is -2.05. The Bertz CT molecular complexity index is 693. The Labute approximate surface area is 146 Å². The van der Waals surface area contributed by atoms with Crippen LogP contribution in [0.3, 0.4) is 0 Å². The molecule has 7 heteroatoms. The Morgan fingerprint density at radius 1 is 1.25 bits per heavy atom. The van der Waals surface area contributed by atoms with Crippen molar-refractivity contribution >= 4 is 23.4 Å². The van der Waals surface area contributed by atoms with E-state index in [2.05, 4.69) is 34.4 Å². The minimum atomic E-state index is -0.137. The van der Waals surface area contributed by atoms with E-state index in [-0.39, 0.29) is 6.03 Å². The summed E-state index contributed by atoms with van der Waals surface area (Å²) in [5.74, 6) is 1.13. The molecule has 1 fully saturated rings. The van der Waals surface area contributed by atoms with Crippen molar-refractivity contribution in [3.8, 4) is 0 Å². The SMILES string of the molecule is Cc1cc(NC(=O)N2CCN(C(C)c3ccc(Cl)cc3)CC2)no1. The van der Waals surface area contributed by atoms with Gasteiger partial charge in [-0.15, -0.1) is 0 Å². The molecule has 128 valence electrons. The molecule has 1 aliphatic heterocycles. The van der Waals surface area contributed by atoms with Gasteiger partial charge >= 0.3 is 6.03 Å². The lowest BCUT2D eigenvalue weighted by Crippen LogP contribution is -2.50. The predicted molar refractivity (Wildman–Crippen MR) is 93.3 cm³/mol. The molecule has 1 aromatic heterocycles. The van der Waals surface area contributed by atoms with Crippen LogP contribution in [-0.2, 0) is 0 Å². The number of urea groups is 1. The maximum Gasteiger partial charge on any atom is 0.323 e. The molecule has 1 aliphatic rings. The summed E-state index contributed by atoms with van der Waals surface area (Å²) in [5.41, 5.74) is 1.23. The summed E-state index contributed by atoms with van der Waals surface area (Å²) < 4.78 is 4.96. The van der Waals surface area contributed by atoms with E-state index in [9.17, 15) is 4.79 Å². The van der Waals surface area contributed by atoms with E-state index >= 15 is 0 Å². The summed E-state index contributed by atoms with van der Waals surface area (Å²) in [6, 6.07) is 9.80. The quantitative estimate of drug-likeness (QED) is 0.921. The third-order valence-electron chi connectivity index (χ3n) is 4.36. The number of nitrogens with one attached hydrogen (secondary N) is 1. The Morgan fingerprint density at radius 2 is 1.92 bits per heavy atom. The first-order chi connectivity index (χ1) is 11.5. The number of aryl methyl sites for hydroxylation is 1. The van der Waals surface area contributed by atoms with E-state index < -0.39 is 0 Å². The fourth-order valence-corrected chi connectivity index (χ4v) is 3.00. The number of carbonyl (C=O) groups excluding carboxylic acids is 1. The van der Waals surface area contributed by atoms with Gasteiger partial charge in [-0.25, -0.2) is 4.79 Å². The largest absolute Gasteiger partial charge is 0.360 e. The Morgan fingerprint density at radius 3 is 2.50 bits per heavy atom. The van der Waals surface area contributed by atoms with Gasteiger partial charge in [0.25, 0.3) is 0 Å². The summed E-state index contributed by atoms with van der Waals surface area (Å²) in [6.45, 7) is 6.99.